The SMILES string of the molecule is CC/C=C\C/C=C\C/C=C\C/C=C\C/C=C\C/C=C\C/C=C\CCCCCC(=O)NC(COC1OC(CO)C(OC2OC(CO)C(OC3OC(CO)C(O)C(O)C3O)C(O)C2O)C(O)C1O)C(O)CCCCCCCCCCCCCCCCCCCC. The Morgan fingerprint density at radius 2 is 0.784 bits per heavy atom. The normalized spacial score (nSPS) is 28.9. The molecular weight excluding hydrogens is 1130 g/mol. The van der Waals surface area contributed by atoms with Crippen LogP contribution in [0, 0.1) is 0 Å². The summed E-state index contributed by atoms with van der Waals surface area (Å²) in [6.45, 7) is 1.65. The Balaban J connectivity index is 1.46. The van der Waals surface area contributed by atoms with Crippen LogP contribution in [0.3, 0.4) is 0 Å². The van der Waals surface area contributed by atoms with Crippen LogP contribution >= 0.6 is 0 Å². The standard InChI is InChI=1S/C69H119NO18/c1-3-5-7-9-11-13-15-17-19-21-23-24-25-26-27-28-29-31-33-35-37-39-41-43-45-47-57(75)70-52(53(74)46-44-42-40-38-36-34-32-30-22-20-18-16-14-12-10-8-6-4-2)51-83-67-63(81)60(78)65(55(49-72)85-67)88-69-64(82)61(79)66(56(50-73)86-69)87-68-62(80)59(77)58(76)54(48-71)84-68/h5,7,11,13,17,19,23-24,26-27,29,31,35,37,52-56,58-69,71-74,76-82H,3-4,6,8-10,12,14-16,18,20-22,25,28,30,32-34,36,38-51H2,1-2H3,(H,70,75)/b7-5-,13-11-,19-17-,24-23-,27-26-,31-29-,37-35-. The minimum absolute atomic E-state index is 0.221. The van der Waals surface area contributed by atoms with Crippen molar-refractivity contribution in [3.8, 4) is 0 Å². The van der Waals surface area contributed by atoms with Crippen LogP contribution in [0.4, 0.5) is 0 Å². The van der Waals surface area contributed by atoms with E-state index in [0.717, 1.165) is 83.5 Å². The first-order valence-electron chi connectivity index (χ1n) is 33.8. The van der Waals surface area contributed by atoms with Gasteiger partial charge in [0.15, 0.2) is 18.9 Å². The lowest BCUT2D eigenvalue weighted by molar-refractivity contribution is -0.379. The number of hydrogen-bond donors (Lipinski definition) is 12. The van der Waals surface area contributed by atoms with Crippen LogP contribution in [0.15, 0.2) is 85.1 Å². The van der Waals surface area contributed by atoms with E-state index in [1.165, 1.54) is 89.9 Å². The maximum absolute atomic E-state index is 13.4. The first-order chi connectivity index (χ1) is 42.8. The van der Waals surface area contributed by atoms with Crippen molar-refractivity contribution in [3.63, 3.8) is 0 Å². The smallest absolute Gasteiger partial charge is 0.220 e. The Labute approximate surface area is 527 Å². The van der Waals surface area contributed by atoms with E-state index >= 15 is 0 Å². The highest BCUT2D eigenvalue weighted by Gasteiger charge is 2.53. The predicted octanol–water partition coefficient (Wildman–Crippen LogP) is 8.32. The van der Waals surface area contributed by atoms with Crippen LogP contribution in [0.5, 0.6) is 0 Å². The zero-order valence-corrected chi connectivity index (χ0v) is 53.4. The van der Waals surface area contributed by atoms with Gasteiger partial charge in [-0.05, 0) is 70.6 Å². The lowest BCUT2D eigenvalue weighted by Gasteiger charge is -2.48. The summed E-state index contributed by atoms with van der Waals surface area (Å²) in [6.07, 6.45) is 36.5. The summed E-state index contributed by atoms with van der Waals surface area (Å²) in [5, 5.41) is 121. The van der Waals surface area contributed by atoms with Crippen LogP contribution in [0.1, 0.15) is 213 Å². The number of amides is 1. The molecule has 0 radical (unpaired) electrons. The third kappa shape index (κ3) is 32.5. The summed E-state index contributed by atoms with van der Waals surface area (Å²) in [5.74, 6) is -0.277. The molecule has 3 aliphatic rings. The Morgan fingerprint density at radius 3 is 1.22 bits per heavy atom. The number of carbonyl (C=O) groups excluding carboxylic acids is 1. The molecule has 0 saturated carbocycles. The molecule has 3 aliphatic heterocycles. The molecular formula is C69H119NO18. The van der Waals surface area contributed by atoms with Gasteiger partial charge in [-0.15, -0.1) is 0 Å². The minimum atomic E-state index is -1.98. The minimum Gasteiger partial charge on any atom is -0.394 e. The van der Waals surface area contributed by atoms with Gasteiger partial charge in [-0.1, -0.05) is 221 Å². The maximum Gasteiger partial charge on any atom is 0.220 e. The van der Waals surface area contributed by atoms with Crippen LogP contribution in [-0.4, -0.2) is 193 Å². The summed E-state index contributed by atoms with van der Waals surface area (Å²) < 4.78 is 34.4. The van der Waals surface area contributed by atoms with Gasteiger partial charge >= 0.3 is 0 Å². The molecule has 3 fully saturated rings. The van der Waals surface area contributed by atoms with Crippen molar-refractivity contribution in [2.75, 3.05) is 26.4 Å². The Bertz CT molecular complexity index is 1930. The zero-order valence-electron chi connectivity index (χ0n) is 53.4. The summed E-state index contributed by atoms with van der Waals surface area (Å²) in [6, 6.07) is -0.912. The van der Waals surface area contributed by atoms with Crippen LogP contribution in [0.2, 0.25) is 0 Å². The molecule has 0 spiro atoms. The second kappa shape index (κ2) is 50.5. The van der Waals surface area contributed by atoms with Crippen molar-refractivity contribution >= 4 is 5.91 Å². The van der Waals surface area contributed by atoms with Gasteiger partial charge in [0.2, 0.25) is 5.91 Å². The van der Waals surface area contributed by atoms with E-state index in [2.05, 4.69) is 104 Å². The molecule has 19 nitrogen and oxygen atoms in total. The molecule has 17 unspecified atom stereocenters. The van der Waals surface area contributed by atoms with E-state index < -0.39 is 124 Å². The third-order valence-electron chi connectivity index (χ3n) is 16.5. The van der Waals surface area contributed by atoms with Gasteiger partial charge in [0.05, 0.1) is 38.6 Å². The first kappa shape index (κ1) is 79.2. The highest BCUT2D eigenvalue weighted by Crippen LogP contribution is 2.33. The third-order valence-corrected chi connectivity index (χ3v) is 16.5. The Hall–Kier alpha value is -3.03. The molecule has 0 aromatic rings. The number of rotatable bonds is 50. The van der Waals surface area contributed by atoms with E-state index in [1.807, 2.05) is 0 Å². The van der Waals surface area contributed by atoms with E-state index in [0.29, 0.717) is 19.3 Å². The summed E-state index contributed by atoms with van der Waals surface area (Å²) in [7, 11) is 0. The van der Waals surface area contributed by atoms with Crippen LogP contribution < -0.4 is 5.32 Å². The average molecular weight is 1250 g/mol. The first-order valence-corrected chi connectivity index (χ1v) is 33.8. The van der Waals surface area contributed by atoms with Gasteiger partial charge < -0.3 is 89.9 Å². The summed E-state index contributed by atoms with van der Waals surface area (Å²) >= 11 is 0. The molecule has 0 bridgehead atoms. The van der Waals surface area contributed by atoms with Gasteiger partial charge in [0.25, 0.3) is 0 Å². The van der Waals surface area contributed by atoms with Gasteiger partial charge in [-0.3, -0.25) is 4.79 Å². The monoisotopic (exact) mass is 1250 g/mol. The molecule has 0 aliphatic carbocycles. The van der Waals surface area contributed by atoms with Gasteiger partial charge in [0.1, 0.15) is 73.2 Å². The Morgan fingerprint density at radius 1 is 0.420 bits per heavy atom. The predicted molar refractivity (Wildman–Crippen MR) is 341 cm³/mol. The fourth-order valence-electron chi connectivity index (χ4n) is 11.0. The largest absolute Gasteiger partial charge is 0.394 e. The number of hydrogen-bond acceptors (Lipinski definition) is 18. The number of nitrogens with one attached hydrogen (secondary N) is 1. The number of carbonyl (C=O) groups is 1. The molecule has 0 aromatic carbocycles. The number of allylic oxidation sites excluding steroid dienone is 14. The number of ether oxygens (including phenoxy) is 6. The second-order valence-electron chi connectivity index (χ2n) is 23.9. The molecule has 19 heteroatoms. The van der Waals surface area contributed by atoms with E-state index in [-0.39, 0.29) is 18.9 Å². The molecule has 3 rings (SSSR count). The lowest BCUT2D eigenvalue weighted by atomic mass is 9.96. The number of aliphatic hydroxyl groups is 11. The topological polar surface area (TPSA) is 307 Å². The molecule has 3 saturated heterocycles. The summed E-state index contributed by atoms with van der Waals surface area (Å²) in [4.78, 5) is 13.4. The second-order valence-corrected chi connectivity index (χ2v) is 23.9. The molecule has 0 aromatic heterocycles. The molecule has 508 valence electrons. The molecule has 17 atom stereocenters. The number of unbranched alkanes of at least 4 members (excludes halogenated alkanes) is 20. The van der Waals surface area contributed by atoms with Crippen molar-refractivity contribution in [2.45, 2.75) is 317 Å². The van der Waals surface area contributed by atoms with Crippen molar-refractivity contribution in [3.05, 3.63) is 85.1 Å². The fourth-order valence-corrected chi connectivity index (χ4v) is 11.0. The molecule has 1 amide bonds. The van der Waals surface area contributed by atoms with Gasteiger partial charge in [-0.2, -0.15) is 0 Å². The Kier molecular flexibility index (Phi) is 45.5. The van der Waals surface area contributed by atoms with Crippen molar-refractivity contribution in [1.29, 1.82) is 0 Å². The van der Waals surface area contributed by atoms with Crippen molar-refractivity contribution in [2.24, 2.45) is 0 Å². The van der Waals surface area contributed by atoms with Crippen LogP contribution in [0.25, 0.3) is 0 Å². The van der Waals surface area contributed by atoms with E-state index in [4.69, 9.17) is 28.4 Å². The average Bonchev–Trinajstić information content (AvgIpc) is 3.70. The van der Waals surface area contributed by atoms with Crippen molar-refractivity contribution in [1.82, 2.24) is 5.32 Å². The molecule has 12 N–H and O–H groups in total. The number of aliphatic hydroxyl groups excluding tert-OH is 11. The highest BCUT2D eigenvalue weighted by atomic mass is 16.8. The van der Waals surface area contributed by atoms with Gasteiger partial charge in [0, 0.05) is 6.42 Å². The fraction of sp³-hybridized carbons (Fsp3) is 0.783. The zero-order chi connectivity index (χ0) is 64.0. The van der Waals surface area contributed by atoms with Crippen molar-refractivity contribution < 1.29 is 89.4 Å². The maximum atomic E-state index is 13.4. The van der Waals surface area contributed by atoms with Gasteiger partial charge in [-0.25, -0.2) is 0 Å². The highest BCUT2D eigenvalue weighted by molar-refractivity contribution is 5.76. The van der Waals surface area contributed by atoms with E-state index in [9.17, 15) is 61.0 Å². The molecule has 3 heterocycles. The van der Waals surface area contributed by atoms with Crippen LogP contribution in [-0.2, 0) is 33.2 Å². The summed E-state index contributed by atoms with van der Waals surface area (Å²) in [5.41, 5.74) is 0. The molecule has 88 heavy (non-hydrogen) atoms. The quantitative estimate of drug-likeness (QED) is 0.0201. The lowest BCUT2D eigenvalue weighted by Crippen LogP contribution is -2.66. The van der Waals surface area contributed by atoms with E-state index in [1.54, 1.807) is 0 Å².